The Hall–Kier alpha value is -7.95. The maximum absolute atomic E-state index is 5.47. The van der Waals surface area contributed by atoms with Crippen LogP contribution in [0.2, 0.25) is 0 Å². The van der Waals surface area contributed by atoms with Crippen LogP contribution in [0.3, 0.4) is 0 Å². The monoisotopic (exact) mass is 852 g/mol. The van der Waals surface area contributed by atoms with E-state index in [0.717, 1.165) is 55.5 Å². The van der Waals surface area contributed by atoms with Crippen molar-refractivity contribution < 1.29 is 0 Å². The van der Waals surface area contributed by atoms with Gasteiger partial charge in [-0.05, 0) is 132 Å². The van der Waals surface area contributed by atoms with Gasteiger partial charge in [-0.25, -0.2) is 4.98 Å². The second-order valence-corrected chi connectivity index (χ2v) is 17.6. The van der Waals surface area contributed by atoms with Crippen LogP contribution < -0.4 is 4.90 Å². The predicted molar refractivity (Wildman–Crippen MR) is 276 cm³/mol. The average molecular weight is 853 g/mol. The lowest BCUT2D eigenvalue weighted by atomic mass is 9.77. The number of nitrogens with zero attached hydrogens (tertiary/aromatic N) is 4. The number of benzene rings is 9. The molecule has 0 saturated carbocycles. The molecule has 10 aromatic rings. The van der Waals surface area contributed by atoms with Gasteiger partial charge in [0.2, 0.25) is 5.95 Å². The minimum Gasteiger partial charge on any atom is -0.279 e. The first kappa shape index (κ1) is 42.0. The van der Waals surface area contributed by atoms with Crippen molar-refractivity contribution in [1.29, 1.82) is 0 Å². The lowest BCUT2D eigenvalue weighted by molar-refractivity contribution is 0.919. The number of fused-ring (bicyclic) bond motifs is 1. The summed E-state index contributed by atoms with van der Waals surface area (Å²) in [5.74, 6) is 1.77. The highest BCUT2D eigenvalue weighted by molar-refractivity contribution is 6.05. The maximum atomic E-state index is 5.47. The molecule has 10 rings (SSSR count). The molecule has 0 bridgehead atoms. The van der Waals surface area contributed by atoms with Crippen molar-refractivity contribution in [3.8, 4) is 45.0 Å². The number of anilines is 3. The summed E-state index contributed by atoms with van der Waals surface area (Å²) in [6.07, 6.45) is 0. The van der Waals surface area contributed by atoms with Gasteiger partial charge in [0.25, 0.3) is 0 Å². The van der Waals surface area contributed by atoms with Crippen LogP contribution in [0.1, 0.15) is 56.0 Å². The number of rotatable bonds is 10. The Bertz CT molecular complexity index is 3230. The summed E-state index contributed by atoms with van der Waals surface area (Å²) in [5.41, 5.74) is 20.0. The number of hydrogen-bond acceptors (Lipinski definition) is 4. The lowest BCUT2D eigenvalue weighted by Gasteiger charge is -2.28. The molecule has 66 heavy (non-hydrogen) atoms. The van der Waals surface area contributed by atoms with Gasteiger partial charge in [-0.1, -0.05) is 187 Å². The van der Waals surface area contributed by atoms with Crippen molar-refractivity contribution in [1.82, 2.24) is 15.0 Å². The van der Waals surface area contributed by atoms with Crippen LogP contribution in [0.15, 0.2) is 200 Å². The van der Waals surface area contributed by atoms with Crippen molar-refractivity contribution >= 4 is 28.1 Å². The van der Waals surface area contributed by atoms with Crippen molar-refractivity contribution in [2.45, 2.75) is 47.5 Å². The van der Waals surface area contributed by atoms with Crippen LogP contribution in [-0.2, 0) is 0 Å². The van der Waals surface area contributed by atoms with Gasteiger partial charge in [-0.2, -0.15) is 9.97 Å². The SMILES string of the molecule is Cc1cc(C)c(C(c2ccc(N(c3ccc(-c4ccccc4)cc3)c3nc(-c4ccccc4)nc(-c4cccc5cccc(-c6ccccc6)c45)n3)cc2)c2c(C)cc(C)cc2C)c(C)c1. The quantitative estimate of drug-likeness (QED) is 0.129. The molecule has 0 fully saturated rings. The zero-order valence-corrected chi connectivity index (χ0v) is 38.4. The average Bonchev–Trinajstić information content (AvgIpc) is 3.34. The second kappa shape index (κ2) is 17.9. The fourth-order valence-corrected chi connectivity index (χ4v) is 10.1. The molecule has 4 nitrogen and oxygen atoms in total. The van der Waals surface area contributed by atoms with Gasteiger partial charge >= 0.3 is 0 Å². The van der Waals surface area contributed by atoms with Crippen LogP contribution >= 0.6 is 0 Å². The van der Waals surface area contributed by atoms with E-state index in [0.29, 0.717) is 17.6 Å². The Morgan fingerprint density at radius 1 is 0.364 bits per heavy atom. The molecule has 0 unspecified atom stereocenters. The normalized spacial score (nSPS) is 11.3. The van der Waals surface area contributed by atoms with E-state index < -0.39 is 0 Å². The Labute approximate surface area is 389 Å². The van der Waals surface area contributed by atoms with Crippen LogP contribution in [0, 0.1) is 41.5 Å². The summed E-state index contributed by atoms with van der Waals surface area (Å²) in [4.78, 5) is 18.3. The van der Waals surface area contributed by atoms with Crippen LogP contribution in [0.25, 0.3) is 55.8 Å². The molecule has 4 heteroatoms. The first-order valence-electron chi connectivity index (χ1n) is 22.8. The molecule has 1 heterocycles. The summed E-state index contributed by atoms with van der Waals surface area (Å²) >= 11 is 0. The van der Waals surface area contributed by atoms with E-state index in [-0.39, 0.29) is 5.92 Å². The molecule has 0 atom stereocenters. The van der Waals surface area contributed by atoms with E-state index in [2.05, 4.69) is 228 Å². The van der Waals surface area contributed by atoms with Crippen LogP contribution in [0.4, 0.5) is 17.3 Å². The van der Waals surface area contributed by atoms with Crippen molar-refractivity contribution in [2.75, 3.05) is 4.90 Å². The highest BCUT2D eigenvalue weighted by Crippen LogP contribution is 2.43. The van der Waals surface area contributed by atoms with Gasteiger partial charge in [-0.15, -0.1) is 0 Å². The molecular weight excluding hydrogens is 801 g/mol. The highest BCUT2D eigenvalue weighted by atomic mass is 15.3. The molecule has 0 spiro atoms. The molecular formula is C62H52N4. The third kappa shape index (κ3) is 8.19. The third-order valence-electron chi connectivity index (χ3n) is 12.9. The van der Waals surface area contributed by atoms with E-state index >= 15 is 0 Å². The van der Waals surface area contributed by atoms with Gasteiger partial charge in [-0.3, -0.25) is 4.90 Å². The molecule has 0 aliphatic rings. The molecule has 0 amide bonds. The first-order chi connectivity index (χ1) is 32.2. The summed E-state index contributed by atoms with van der Waals surface area (Å²) in [7, 11) is 0. The molecule has 0 N–H and O–H groups in total. The zero-order valence-electron chi connectivity index (χ0n) is 38.4. The first-order valence-corrected chi connectivity index (χ1v) is 22.8. The molecule has 0 aliphatic carbocycles. The highest BCUT2D eigenvalue weighted by Gasteiger charge is 2.26. The summed E-state index contributed by atoms with van der Waals surface area (Å²) < 4.78 is 0. The van der Waals surface area contributed by atoms with E-state index in [9.17, 15) is 0 Å². The van der Waals surface area contributed by atoms with E-state index in [1.807, 2.05) is 18.2 Å². The van der Waals surface area contributed by atoms with Crippen LogP contribution in [-0.4, -0.2) is 15.0 Å². The van der Waals surface area contributed by atoms with Gasteiger partial charge in [0.05, 0.1) is 0 Å². The fourth-order valence-electron chi connectivity index (χ4n) is 10.1. The van der Waals surface area contributed by atoms with Gasteiger partial charge in [0.15, 0.2) is 11.6 Å². The van der Waals surface area contributed by atoms with E-state index in [1.54, 1.807) is 0 Å². The number of aromatic nitrogens is 3. The minimum atomic E-state index is 0.0393. The van der Waals surface area contributed by atoms with Gasteiger partial charge in [0.1, 0.15) is 0 Å². The smallest absolute Gasteiger partial charge is 0.238 e. The minimum absolute atomic E-state index is 0.0393. The Morgan fingerprint density at radius 3 is 1.33 bits per heavy atom. The third-order valence-corrected chi connectivity index (χ3v) is 12.9. The number of aryl methyl sites for hydroxylation is 6. The largest absolute Gasteiger partial charge is 0.279 e. The topological polar surface area (TPSA) is 41.9 Å². The number of hydrogen-bond donors (Lipinski definition) is 0. The van der Waals surface area contributed by atoms with Crippen molar-refractivity contribution in [3.63, 3.8) is 0 Å². The molecule has 1 aromatic heterocycles. The zero-order chi connectivity index (χ0) is 45.3. The lowest BCUT2D eigenvalue weighted by Crippen LogP contribution is -2.16. The molecule has 320 valence electrons. The van der Waals surface area contributed by atoms with Gasteiger partial charge in [0, 0.05) is 33.8 Å². The second-order valence-electron chi connectivity index (χ2n) is 17.6. The summed E-state index contributed by atoms with van der Waals surface area (Å²) in [6, 6.07) is 71.3. The summed E-state index contributed by atoms with van der Waals surface area (Å²) in [5, 5.41) is 2.22. The maximum Gasteiger partial charge on any atom is 0.238 e. The van der Waals surface area contributed by atoms with Gasteiger partial charge < -0.3 is 0 Å². The predicted octanol–water partition coefficient (Wildman–Crippen LogP) is 16.2. The molecule has 0 aliphatic heterocycles. The molecule has 0 radical (unpaired) electrons. The van der Waals surface area contributed by atoms with E-state index in [1.165, 1.54) is 50.1 Å². The van der Waals surface area contributed by atoms with Crippen LogP contribution in [0.5, 0.6) is 0 Å². The fraction of sp³-hybridized carbons (Fsp3) is 0.113. The molecule has 0 saturated heterocycles. The van der Waals surface area contributed by atoms with E-state index in [4.69, 9.17) is 15.0 Å². The standard InChI is InChI=1S/C62H52N4/c1-40-36-42(3)56(43(4)37-40)59(57-44(5)38-41(2)39-45(57)6)50-30-34-53(35-31-50)66(52-32-28-47(29-33-52)46-18-10-7-11-19-46)62-64-60(51-22-14-9-15-23-51)63-61(65-62)55-27-17-25-49-24-16-26-54(58(49)55)48-20-12-8-13-21-48/h7-39,59H,1-6H3. The Kier molecular flexibility index (Phi) is 11.4. The van der Waals surface area contributed by atoms with Crippen molar-refractivity contribution in [2.24, 2.45) is 0 Å². The Morgan fingerprint density at radius 2 is 0.803 bits per heavy atom. The van der Waals surface area contributed by atoms with Crippen molar-refractivity contribution in [3.05, 3.63) is 250 Å². The summed E-state index contributed by atoms with van der Waals surface area (Å²) in [6.45, 7) is 13.4. The Balaban J connectivity index is 1.19. The molecule has 9 aromatic carbocycles.